The number of hydrogen-bond donors (Lipinski definition) is 1. The molecule has 0 aliphatic carbocycles. The second kappa shape index (κ2) is 15.3. The van der Waals surface area contributed by atoms with Crippen molar-refractivity contribution in [2.24, 2.45) is 0 Å². The van der Waals surface area contributed by atoms with Gasteiger partial charge in [-0.2, -0.15) is 15.1 Å². The van der Waals surface area contributed by atoms with Crippen molar-refractivity contribution in [2.75, 3.05) is 59.4 Å². The van der Waals surface area contributed by atoms with Crippen LogP contribution in [0.25, 0.3) is 32.8 Å². The fraction of sp³-hybridized carbons (Fsp3) is 0.452. The number of benzene rings is 3. The molecule has 0 bridgehead atoms. The normalized spacial score (nSPS) is 19.3. The summed E-state index contributed by atoms with van der Waals surface area (Å²) in [6, 6.07) is 8.24. The van der Waals surface area contributed by atoms with Crippen LogP contribution in [0.15, 0.2) is 36.4 Å². The first-order chi connectivity index (χ1) is 27.8. The molecule has 8 rings (SSSR count). The van der Waals surface area contributed by atoms with Gasteiger partial charge < -0.3 is 29.3 Å². The quantitative estimate of drug-likeness (QED) is 0.176. The van der Waals surface area contributed by atoms with Crippen molar-refractivity contribution in [1.82, 2.24) is 34.4 Å². The molecular formula is C42H47F3N8O5. The van der Waals surface area contributed by atoms with Gasteiger partial charge in [-0.25, -0.2) is 18.0 Å². The number of anilines is 1. The number of rotatable bonds is 9. The highest BCUT2D eigenvalue weighted by molar-refractivity contribution is 6.03. The largest absolute Gasteiger partial charge is 0.508 e. The van der Waals surface area contributed by atoms with E-state index in [1.165, 1.54) is 40.1 Å². The monoisotopic (exact) mass is 800 g/mol. The van der Waals surface area contributed by atoms with Crippen LogP contribution in [0.4, 0.5) is 23.8 Å². The van der Waals surface area contributed by atoms with Crippen molar-refractivity contribution >= 4 is 39.5 Å². The van der Waals surface area contributed by atoms with E-state index in [-0.39, 0.29) is 89.0 Å². The van der Waals surface area contributed by atoms with Gasteiger partial charge in [-0.1, -0.05) is 13.0 Å². The first-order valence-corrected chi connectivity index (χ1v) is 19.7. The molecule has 2 saturated heterocycles. The second-order valence-electron chi connectivity index (χ2n) is 15.9. The average Bonchev–Trinajstić information content (AvgIpc) is 3.85. The summed E-state index contributed by atoms with van der Waals surface area (Å²) in [6.45, 7) is 4.16. The number of aromatic nitrogens is 4. The minimum Gasteiger partial charge on any atom is -0.508 e. The van der Waals surface area contributed by atoms with Crippen molar-refractivity contribution in [3.05, 3.63) is 70.8 Å². The molecule has 0 saturated carbocycles. The van der Waals surface area contributed by atoms with Crippen LogP contribution in [0, 0.1) is 17.5 Å². The van der Waals surface area contributed by atoms with E-state index < -0.39 is 29.1 Å². The number of nitrogens with zero attached hydrogens (tertiary/aromatic N) is 8. The summed E-state index contributed by atoms with van der Waals surface area (Å²) in [4.78, 5) is 41.6. The number of phenolic OH excluding ortho intramolecular Hbond substituents is 1. The van der Waals surface area contributed by atoms with Crippen LogP contribution in [0.2, 0.25) is 0 Å². The van der Waals surface area contributed by atoms with Gasteiger partial charge in [0, 0.05) is 52.7 Å². The smallest absolute Gasteiger partial charge is 0.409 e. The molecular weight excluding hydrogens is 754 g/mol. The maximum Gasteiger partial charge on any atom is 0.409 e. The fourth-order valence-corrected chi connectivity index (χ4v) is 9.02. The Morgan fingerprint density at radius 2 is 1.78 bits per heavy atom. The zero-order valence-electron chi connectivity index (χ0n) is 33.3. The third-order valence-electron chi connectivity index (χ3n) is 11.8. The lowest BCUT2D eigenvalue weighted by Crippen LogP contribution is -2.48. The molecule has 5 heterocycles. The molecule has 306 valence electrons. The van der Waals surface area contributed by atoms with Crippen molar-refractivity contribution < 1.29 is 37.3 Å². The maximum atomic E-state index is 17.3. The summed E-state index contributed by atoms with van der Waals surface area (Å²) < 4.78 is 63.0. The lowest BCUT2D eigenvalue weighted by atomic mass is 9.91. The molecule has 1 N–H and O–H groups in total. The topological polar surface area (TPSA) is 129 Å². The van der Waals surface area contributed by atoms with Gasteiger partial charge in [0.1, 0.15) is 41.9 Å². The summed E-state index contributed by atoms with van der Waals surface area (Å²) in [5.41, 5.74) is 0.219. The molecule has 3 aromatic carbocycles. The molecule has 0 radical (unpaired) electrons. The number of aromatic hydroxyl groups is 1. The Balaban J connectivity index is 1.23. The van der Waals surface area contributed by atoms with E-state index in [0.29, 0.717) is 30.3 Å². The van der Waals surface area contributed by atoms with E-state index in [1.54, 1.807) is 45.9 Å². The lowest BCUT2D eigenvalue weighted by Gasteiger charge is -2.34. The zero-order chi connectivity index (χ0) is 41.0. The molecule has 13 nitrogen and oxygen atoms in total. The standard InChI is InChI=1S/C42H47F3N8O5/c1-6-28-31(43)10-9-24-17-27(54)19-29(34(24)28)35-32(44)20-30-37(36(35)45)46-40(58-23-42-12-7-15-52(42)25(11-13-42)22-57-41(56)50(4)5)47-38(30)51-14-8-16-53-26(21-51)18-33(48-53)39(55)49(2)3/h9-10,17-20,25,54H,6-8,11-16,21-23H2,1-5H3/t25-,42+/m0/s1. The number of halogens is 3. The first-order valence-electron chi connectivity index (χ1n) is 19.7. The SMILES string of the molecule is CCc1c(F)ccc2cc(O)cc(-c3c(F)cc4c(N5CCCn6nc(C(=O)N(C)C)cc6C5)nc(OC[C@]56CCCN5[C@H](COC(=O)N(C)C)CC6)nc4c3F)c12. The van der Waals surface area contributed by atoms with Crippen LogP contribution in [-0.4, -0.2) is 118 Å². The third kappa shape index (κ3) is 6.90. The van der Waals surface area contributed by atoms with Gasteiger partial charge in [-0.05, 0) is 97.3 Å². The van der Waals surface area contributed by atoms with Crippen molar-refractivity contribution in [3.8, 4) is 22.9 Å². The molecule has 0 unspecified atom stereocenters. The van der Waals surface area contributed by atoms with E-state index in [1.807, 2.05) is 4.90 Å². The van der Waals surface area contributed by atoms with Gasteiger partial charge in [0.25, 0.3) is 5.91 Å². The number of phenols is 1. The second-order valence-corrected chi connectivity index (χ2v) is 15.9. The van der Waals surface area contributed by atoms with Gasteiger partial charge in [0.05, 0.1) is 23.3 Å². The van der Waals surface area contributed by atoms with E-state index in [2.05, 4.69) is 15.0 Å². The van der Waals surface area contributed by atoms with Crippen LogP contribution in [-0.2, 0) is 24.2 Å². The van der Waals surface area contributed by atoms with E-state index in [4.69, 9.17) is 14.5 Å². The van der Waals surface area contributed by atoms with E-state index in [9.17, 15) is 14.7 Å². The van der Waals surface area contributed by atoms with Crippen molar-refractivity contribution in [2.45, 2.75) is 70.1 Å². The predicted octanol–water partition coefficient (Wildman–Crippen LogP) is 6.52. The summed E-state index contributed by atoms with van der Waals surface area (Å²) in [7, 11) is 6.59. The van der Waals surface area contributed by atoms with E-state index in [0.717, 1.165) is 37.9 Å². The van der Waals surface area contributed by atoms with Crippen LogP contribution in [0.1, 0.15) is 60.8 Å². The van der Waals surface area contributed by atoms with Gasteiger partial charge >= 0.3 is 12.1 Å². The first kappa shape index (κ1) is 39.2. The minimum atomic E-state index is -1.01. The Morgan fingerprint density at radius 3 is 2.53 bits per heavy atom. The lowest BCUT2D eigenvalue weighted by molar-refractivity contribution is 0.0484. The van der Waals surface area contributed by atoms with Gasteiger partial charge in [-0.3, -0.25) is 14.4 Å². The van der Waals surface area contributed by atoms with Crippen molar-refractivity contribution in [3.63, 3.8) is 0 Å². The van der Waals surface area contributed by atoms with Gasteiger partial charge in [-0.15, -0.1) is 0 Å². The number of amides is 2. The molecule has 2 atom stereocenters. The molecule has 5 aromatic rings. The predicted molar refractivity (Wildman–Crippen MR) is 212 cm³/mol. The number of aryl methyl sites for hydroxylation is 2. The molecule has 2 aromatic heterocycles. The Morgan fingerprint density at radius 1 is 0.966 bits per heavy atom. The highest BCUT2D eigenvalue weighted by Crippen LogP contribution is 2.44. The molecule has 2 amide bonds. The Kier molecular flexibility index (Phi) is 10.3. The van der Waals surface area contributed by atoms with E-state index >= 15 is 13.2 Å². The van der Waals surface area contributed by atoms with Crippen LogP contribution < -0.4 is 9.64 Å². The molecule has 3 aliphatic rings. The van der Waals surface area contributed by atoms with Gasteiger partial charge in [0.2, 0.25) is 0 Å². The van der Waals surface area contributed by atoms with Crippen LogP contribution >= 0.6 is 0 Å². The van der Waals surface area contributed by atoms with Crippen LogP contribution in [0.3, 0.4) is 0 Å². The maximum absolute atomic E-state index is 17.3. The van der Waals surface area contributed by atoms with Crippen LogP contribution in [0.5, 0.6) is 11.8 Å². The number of hydrogen-bond acceptors (Lipinski definition) is 10. The third-order valence-corrected chi connectivity index (χ3v) is 11.8. The summed E-state index contributed by atoms with van der Waals surface area (Å²) in [6.07, 6.45) is 3.76. The summed E-state index contributed by atoms with van der Waals surface area (Å²) >= 11 is 0. The molecule has 2 fully saturated rings. The molecule has 3 aliphatic heterocycles. The molecule has 0 spiro atoms. The van der Waals surface area contributed by atoms with Crippen molar-refractivity contribution in [1.29, 1.82) is 0 Å². The number of carbonyl (C=O) groups excluding carboxylic acids is 2. The van der Waals surface area contributed by atoms with Gasteiger partial charge in [0.15, 0.2) is 11.5 Å². The molecule has 16 heteroatoms. The number of carbonyl (C=O) groups is 2. The number of ether oxygens (including phenoxy) is 2. The zero-order valence-corrected chi connectivity index (χ0v) is 33.3. The summed E-state index contributed by atoms with van der Waals surface area (Å²) in [5.74, 6) is -2.71. The fourth-order valence-electron chi connectivity index (χ4n) is 9.02. The summed E-state index contributed by atoms with van der Waals surface area (Å²) in [5, 5.41) is 16.1. The minimum absolute atomic E-state index is 0.00454. The average molecular weight is 801 g/mol. The Labute approximate surface area is 333 Å². The molecule has 58 heavy (non-hydrogen) atoms. The highest BCUT2D eigenvalue weighted by Gasteiger charge is 2.50. The Bertz CT molecular complexity index is 2440. The number of fused-ring (bicyclic) bond motifs is 4. The highest BCUT2D eigenvalue weighted by atomic mass is 19.1. The Hall–Kier alpha value is -5.64.